The number of halogens is 2. The summed E-state index contributed by atoms with van der Waals surface area (Å²) >= 11 is 13.3. The van der Waals surface area contributed by atoms with Gasteiger partial charge in [-0.15, -0.1) is 11.8 Å². The summed E-state index contributed by atoms with van der Waals surface area (Å²) in [6, 6.07) is 5.29. The third kappa shape index (κ3) is 3.93. The van der Waals surface area contributed by atoms with Crippen LogP contribution < -0.4 is 5.32 Å². The minimum Gasteiger partial charge on any atom is -0.356 e. The highest BCUT2D eigenvalue weighted by atomic mass is 35.5. The minimum absolute atomic E-state index is 0.0153. The topological polar surface area (TPSA) is 29.1 Å². The van der Waals surface area contributed by atoms with Crippen LogP contribution >= 0.6 is 35.0 Å². The van der Waals surface area contributed by atoms with E-state index >= 15 is 0 Å². The summed E-state index contributed by atoms with van der Waals surface area (Å²) in [4.78, 5) is 12.0. The Morgan fingerprint density at radius 3 is 2.53 bits per heavy atom. The maximum absolute atomic E-state index is 11.2. The van der Waals surface area contributed by atoms with Crippen LogP contribution in [0, 0.1) is 0 Å². The average Bonchev–Trinajstić information content (AvgIpc) is 2.17. The predicted molar refractivity (Wildman–Crippen MR) is 65.9 cm³/mol. The van der Waals surface area contributed by atoms with Crippen molar-refractivity contribution in [2.75, 3.05) is 12.3 Å². The molecular weight excluding hydrogens is 253 g/mol. The molecule has 0 radical (unpaired) electrons. The summed E-state index contributed by atoms with van der Waals surface area (Å²) < 4.78 is 0. The van der Waals surface area contributed by atoms with Gasteiger partial charge in [0, 0.05) is 11.4 Å². The third-order valence-corrected chi connectivity index (χ3v) is 3.63. The SMILES string of the molecule is CCNC(=O)CSc1c(Cl)cccc1Cl. The van der Waals surface area contributed by atoms with Gasteiger partial charge >= 0.3 is 0 Å². The molecule has 2 nitrogen and oxygen atoms in total. The summed E-state index contributed by atoms with van der Waals surface area (Å²) in [5.41, 5.74) is 0. The highest BCUT2D eigenvalue weighted by molar-refractivity contribution is 8.00. The lowest BCUT2D eigenvalue weighted by Crippen LogP contribution is -2.24. The number of thioether (sulfide) groups is 1. The normalized spacial score (nSPS) is 10.1. The molecule has 0 fully saturated rings. The van der Waals surface area contributed by atoms with Crippen LogP contribution in [0.25, 0.3) is 0 Å². The molecule has 0 saturated carbocycles. The van der Waals surface area contributed by atoms with Crippen molar-refractivity contribution in [3.05, 3.63) is 28.2 Å². The van der Waals surface area contributed by atoms with Crippen LogP contribution in [0.1, 0.15) is 6.92 Å². The van der Waals surface area contributed by atoms with Gasteiger partial charge in [-0.25, -0.2) is 0 Å². The first-order valence-electron chi connectivity index (χ1n) is 4.48. The first kappa shape index (κ1) is 12.7. The van der Waals surface area contributed by atoms with E-state index in [0.717, 1.165) is 4.90 Å². The lowest BCUT2D eigenvalue weighted by molar-refractivity contribution is -0.118. The number of nitrogens with one attached hydrogen (secondary N) is 1. The highest BCUT2D eigenvalue weighted by Crippen LogP contribution is 2.33. The van der Waals surface area contributed by atoms with Crippen molar-refractivity contribution in [1.82, 2.24) is 5.32 Å². The number of hydrogen-bond acceptors (Lipinski definition) is 2. The van der Waals surface area contributed by atoms with E-state index in [4.69, 9.17) is 23.2 Å². The molecular formula is C10H11Cl2NOS. The second kappa shape index (κ2) is 6.26. The van der Waals surface area contributed by atoms with Gasteiger partial charge in [0.15, 0.2) is 0 Å². The monoisotopic (exact) mass is 263 g/mol. The molecule has 0 aliphatic carbocycles. The molecule has 0 aromatic heterocycles. The van der Waals surface area contributed by atoms with Crippen LogP contribution in [0.4, 0.5) is 0 Å². The summed E-state index contributed by atoms with van der Waals surface area (Å²) in [5, 5.41) is 3.87. The second-order valence-electron chi connectivity index (χ2n) is 2.79. The van der Waals surface area contributed by atoms with E-state index < -0.39 is 0 Å². The van der Waals surface area contributed by atoms with Gasteiger partial charge in [0.05, 0.1) is 15.8 Å². The second-order valence-corrected chi connectivity index (χ2v) is 4.59. The maximum Gasteiger partial charge on any atom is 0.230 e. The molecule has 1 amide bonds. The fraction of sp³-hybridized carbons (Fsp3) is 0.300. The van der Waals surface area contributed by atoms with E-state index in [1.165, 1.54) is 11.8 Å². The van der Waals surface area contributed by atoms with E-state index in [0.29, 0.717) is 22.3 Å². The summed E-state index contributed by atoms with van der Waals surface area (Å²) in [7, 11) is 0. The highest BCUT2D eigenvalue weighted by Gasteiger charge is 2.08. The van der Waals surface area contributed by atoms with Crippen LogP contribution in [-0.2, 0) is 4.79 Å². The van der Waals surface area contributed by atoms with E-state index in [-0.39, 0.29) is 5.91 Å². The largest absolute Gasteiger partial charge is 0.356 e. The number of rotatable bonds is 4. The maximum atomic E-state index is 11.2. The van der Waals surface area contributed by atoms with E-state index in [9.17, 15) is 4.79 Å². The summed E-state index contributed by atoms with van der Waals surface area (Å²) in [6.07, 6.45) is 0. The van der Waals surface area contributed by atoms with Crippen molar-refractivity contribution in [2.45, 2.75) is 11.8 Å². The van der Waals surface area contributed by atoms with Crippen molar-refractivity contribution < 1.29 is 4.79 Å². The molecule has 0 heterocycles. The lowest BCUT2D eigenvalue weighted by Gasteiger charge is -2.06. The summed E-state index contributed by atoms with van der Waals surface area (Å²) in [5.74, 6) is 0.315. The molecule has 1 aromatic carbocycles. The number of hydrogen-bond donors (Lipinski definition) is 1. The van der Waals surface area contributed by atoms with Gasteiger partial charge in [0.2, 0.25) is 5.91 Å². The molecule has 0 saturated heterocycles. The van der Waals surface area contributed by atoms with E-state index in [1.807, 2.05) is 6.92 Å². The predicted octanol–water partition coefficient (Wildman–Crippen LogP) is 3.22. The first-order chi connectivity index (χ1) is 7.15. The van der Waals surface area contributed by atoms with Crippen LogP contribution in [0.15, 0.2) is 23.1 Å². The molecule has 0 spiro atoms. The van der Waals surface area contributed by atoms with Crippen molar-refractivity contribution in [3.8, 4) is 0 Å². The average molecular weight is 264 g/mol. The van der Waals surface area contributed by atoms with Crippen molar-refractivity contribution in [3.63, 3.8) is 0 Å². The van der Waals surface area contributed by atoms with Gasteiger partial charge in [-0.05, 0) is 19.1 Å². The van der Waals surface area contributed by atoms with Gasteiger partial charge < -0.3 is 5.32 Å². The fourth-order valence-electron chi connectivity index (χ4n) is 1.01. The Bertz CT molecular complexity index is 337. The fourth-order valence-corrected chi connectivity index (χ4v) is 2.52. The molecule has 0 bridgehead atoms. The number of amides is 1. The Morgan fingerprint density at radius 2 is 2.00 bits per heavy atom. The molecule has 1 rings (SSSR count). The standard InChI is InChI=1S/C10H11Cl2NOS/c1-2-13-9(14)6-15-10-7(11)4-3-5-8(10)12/h3-5H,2,6H2,1H3,(H,13,14). The zero-order valence-electron chi connectivity index (χ0n) is 8.22. The Morgan fingerprint density at radius 1 is 1.40 bits per heavy atom. The van der Waals surface area contributed by atoms with Gasteiger partial charge in [-0.3, -0.25) is 4.79 Å². The van der Waals surface area contributed by atoms with E-state index in [1.54, 1.807) is 18.2 Å². The molecule has 15 heavy (non-hydrogen) atoms. The first-order valence-corrected chi connectivity index (χ1v) is 6.22. The van der Waals surface area contributed by atoms with Crippen LogP contribution in [-0.4, -0.2) is 18.2 Å². The van der Waals surface area contributed by atoms with Crippen LogP contribution in [0.2, 0.25) is 10.0 Å². The quantitative estimate of drug-likeness (QED) is 0.846. The third-order valence-electron chi connectivity index (χ3n) is 1.64. The van der Waals surface area contributed by atoms with E-state index in [2.05, 4.69) is 5.32 Å². The van der Waals surface area contributed by atoms with Gasteiger partial charge in [0.1, 0.15) is 0 Å². The Balaban J connectivity index is 2.61. The van der Waals surface area contributed by atoms with Gasteiger partial charge in [0.25, 0.3) is 0 Å². The molecule has 0 aliphatic heterocycles. The molecule has 82 valence electrons. The van der Waals surface area contributed by atoms with Crippen LogP contribution in [0.3, 0.4) is 0 Å². The minimum atomic E-state index is -0.0153. The number of benzene rings is 1. The van der Waals surface area contributed by atoms with Crippen molar-refractivity contribution >= 4 is 40.9 Å². The van der Waals surface area contributed by atoms with Gasteiger partial charge in [-0.1, -0.05) is 29.3 Å². The zero-order valence-corrected chi connectivity index (χ0v) is 10.5. The Labute approximate surface area is 103 Å². The number of carbonyl (C=O) groups excluding carboxylic acids is 1. The molecule has 0 atom stereocenters. The molecule has 0 unspecified atom stereocenters. The summed E-state index contributed by atoms with van der Waals surface area (Å²) in [6.45, 7) is 2.51. The molecule has 0 aliphatic rings. The smallest absolute Gasteiger partial charge is 0.230 e. The zero-order chi connectivity index (χ0) is 11.3. The lowest BCUT2D eigenvalue weighted by atomic mass is 10.4. The Hall–Kier alpha value is -0.380. The number of carbonyl (C=O) groups is 1. The Kier molecular flexibility index (Phi) is 5.29. The van der Waals surface area contributed by atoms with Crippen molar-refractivity contribution in [2.24, 2.45) is 0 Å². The van der Waals surface area contributed by atoms with Crippen molar-refractivity contribution in [1.29, 1.82) is 0 Å². The molecule has 1 aromatic rings. The molecule has 1 N–H and O–H groups in total. The van der Waals surface area contributed by atoms with Gasteiger partial charge in [-0.2, -0.15) is 0 Å². The van der Waals surface area contributed by atoms with Crippen LogP contribution in [0.5, 0.6) is 0 Å². The molecule has 5 heteroatoms.